The molecule has 0 aromatic heterocycles. The van der Waals surface area contributed by atoms with Crippen LogP contribution in [0.4, 0.5) is 24.5 Å². The van der Waals surface area contributed by atoms with Crippen molar-refractivity contribution in [3.05, 3.63) is 61.2 Å². The molecular formula is C22H22Br2F3IN4O3S. The molecule has 7 nitrogen and oxygen atoms in total. The van der Waals surface area contributed by atoms with E-state index < -0.39 is 32.1 Å². The Kier molecular flexibility index (Phi) is 8.61. The fraction of sp³-hybridized carbons (Fsp3) is 0.409. The lowest BCUT2D eigenvalue weighted by Gasteiger charge is -2.36. The number of hydrogen-bond acceptors (Lipinski definition) is 5. The van der Waals surface area contributed by atoms with E-state index in [0.717, 1.165) is 9.64 Å². The van der Waals surface area contributed by atoms with Crippen LogP contribution in [0.3, 0.4) is 0 Å². The van der Waals surface area contributed by atoms with Gasteiger partial charge in [-0.3, -0.25) is 15.0 Å². The molecule has 0 aliphatic carbocycles. The van der Waals surface area contributed by atoms with Crippen molar-refractivity contribution in [2.45, 2.75) is 17.6 Å². The number of fused-ring (bicyclic) bond motifs is 1. The van der Waals surface area contributed by atoms with Crippen LogP contribution in [0.1, 0.15) is 11.1 Å². The molecule has 4 rings (SSSR count). The summed E-state index contributed by atoms with van der Waals surface area (Å²) in [6, 6.07) is 9.61. The SMILES string of the molecule is O=[N+]([O-])c1cc(C(F)(F)F)c2c(c1)S(=O)(N1CCN(Cc3ccccc3I)CC1)=C(CBr)N2CCBr. The number of halogens is 6. The van der Waals surface area contributed by atoms with Crippen molar-refractivity contribution >= 4 is 80.5 Å². The van der Waals surface area contributed by atoms with Crippen LogP contribution in [-0.2, 0) is 22.4 Å². The van der Waals surface area contributed by atoms with E-state index in [-0.39, 0.29) is 27.4 Å². The fourth-order valence-corrected chi connectivity index (χ4v) is 9.62. The van der Waals surface area contributed by atoms with Crippen LogP contribution in [0.25, 0.3) is 0 Å². The van der Waals surface area contributed by atoms with Gasteiger partial charge in [-0.1, -0.05) is 50.1 Å². The van der Waals surface area contributed by atoms with E-state index in [2.05, 4.69) is 59.4 Å². The zero-order valence-electron chi connectivity index (χ0n) is 18.8. The Hall–Kier alpha value is -0.940. The third-order valence-corrected chi connectivity index (χ3v) is 11.5. The van der Waals surface area contributed by atoms with Crippen molar-refractivity contribution in [3.63, 3.8) is 0 Å². The number of alkyl halides is 5. The zero-order valence-corrected chi connectivity index (χ0v) is 25.0. The number of non-ortho nitro benzene ring substituents is 1. The molecule has 2 aliphatic rings. The molecule has 0 radical (unpaired) electrons. The first-order chi connectivity index (χ1) is 17.0. The second kappa shape index (κ2) is 11.0. The minimum atomic E-state index is -4.85. The molecule has 0 saturated carbocycles. The lowest BCUT2D eigenvalue weighted by Crippen LogP contribution is -2.50. The molecule has 0 N–H and O–H groups in total. The molecule has 1 saturated heterocycles. The lowest BCUT2D eigenvalue weighted by molar-refractivity contribution is -0.385. The highest BCUT2D eigenvalue weighted by atomic mass is 127. The van der Waals surface area contributed by atoms with Crippen LogP contribution >= 0.6 is 54.5 Å². The minimum absolute atomic E-state index is 0.0705. The quantitative estimate of drug-likeness (QED) is 0.125. The van der Waals surface area contributed by atoms with Crippen molar-refractivity contribution < 1.29 is 22.3 Å². The van der Waals surface area contributed by atoms with E-state index >= 15 is 0 Å². The molecule has 1 atom stereocenters. The van der Waals surface area contributed by atoms with Gasteiger partial charge >= 0.3 is 6.18 Å². The molecule has 2 aliphatic heterocycles. The van der Waals surface area contributed by atoms with E-state index in [1.807, 2.05) is 24.3 Å². The van der Waals surface area contributed by atoms with Gasteiger partial charge in [0.05, 0.1) is 36.1 Å². The third kappa shape index (κ3) is 5.17. The molecule has 2 aromatic rings. The van der Waals surface area contributed by atoms with Gasteiger partial charge in [-0.2, -0.15) is 13.2 Å². The first-order valence-electron chi connectivity index (χ1n) is 10.9. The molecule has 1 unspecified atom stereocenters. The van der Waals surface area contributed by atoms with Gasteiger partial charge in [0.2, 0.25) is 0 Å². The van der Waals surface area contributed by atoms with Crippen LogP contribution < -0.4 is 4.90 Å². The predicted molar refractivity (Wildman–Crippen MR) is 150 cm³/mol. The maximum Gasteiger partial charge on any atom is 0.418 e. The summed E-state index contributed by atoms with van der Waals surface area (Å²) in [6.07, 6.45) is -4.85. The summed E-state index contributed by atoms with van der Waals surface area (Å²) in [5, 5.41) is 12.0. The highest BCUT2D eigenvalue weighted by Gasteiger charge is 2.46. The van der Waals surface area contributed by atoms with Gasteiger partial charge in [0.15, 0.2) is 0 Å². The van der Waals surface area contributed by atoms with Crippen molar-refractivity contribution in [2.75, 3.05) is 48.3 Å². The van der Waals surface area contributed by atoms with Gasteiger partial charge < -0.3 is 4.90 Å². The molecule has 2 aromatic carbocycles. The number of nitro benzene ring substituents is 1. The van der Waals surface area contributed by atoms with E-state index in [1.54, 1.807) is 4.31 Å². The average molecular weight is 766 g/mol. The fourth-order valence-electron chi connectivity index (χ4n) is 4.57. The molecule has 0 bridgehead atoms. The van der Waals surface area contributed by atoms with Gasteiger partial charge in [-0.15, -0.1) is 0 Å². The maximum atomic E-state index is 14.8. The Morgan fingerprint density at radius 2 is 1.78 bits per heavy atom. The Morgan fingerprint density at radius 1 is 1.11 bits per heavy atom. The molecule has 1 fully saturated rings. The van der Waals surface area contributed by atoms with Gasteiger partial charge in [0.1, 0.15) is 4.99 Å². The number of hydrogen-bond donors (Lipinski definition) is 0. The Bertz CT molecular complexity index is 1300. The lowest BCUT2D eigenvalue weighted by atomic mass is 10.1. The summed E-state index contributed by atoms with van der Waals surface area (Å²) in [5.41, 5.74) is -0.953. The first kappa shape index (κ1) is 28.1. The Balaban J connectivity index is 1.77. The van der Waals surface area contributed by atoms with Crippen LogP contribution in [0.5, 0.6) is 0 Å². The Labute approximate surface area is 237 Å². The van der Waals surface area contributed by atoms with Gasteiger partial charge in [0.25, 0.3) is 5.69 Å². The second-order valence-electron chi connectivity index (χ2n) is 8.29. The largest absolute Gasteiger partial charge is 0.418 e. The zero-order chi connectivity index (χ0) is 26.3. The highest BCUT2D eigenvalue weighted by molar-refractivity contribution is 14.1. The number of nitrogens with zero attached hydrogens (tertiary/aromatic N) is 4. The maximum absolute atomic E-state index is 14.8. The second-order valence-corrected chi connectivity index (χ2v) is 13.3. The average Bonchev–Trinajstić information content (AvgIpc) is 3.08. The van der Waals surface area contributed by atoms with Crippen LogP contribution in [0, 0.1) is 13.7 Å². The number of nitro groups is 1. The minimum Gasteiger partial charge on any atom is -0.334 e. The van der Waals surface area contributed by atoms with E-state index in [0.29, 0.717) is 44.1 Å². The normalized spacial score (nSPS) is 21.2. The topological polar surface area (TPSA) is 69.9 Å². The molecular weight excluding hydrogens is 744 g/mol. The van der Waals surface area contributed by atoms with E-state index in [1.165, 1.54) is 10.5 Å². The predicted octanol–water partition coefficient (Wildman–Crippen LogP) is 5.33. The van der Waals surface area contributed by atoms with Crippen molar-refractivity contribution in [2.24, 2.45) is 0 Å². The number of anilines is 1. The van der Waals surface area contributed by atoms with E-state index in [4.69, 9.17) is 0 Å². The summed E-state index contributed by atoms with van der Waals surface area (Å²) < 4.78 is 60.0. The summed E-state index contributed by atoms with van der Waals surface area (Å²) in [6.45, 7) is 2.67. The summed E-state index contributed by atoms with van der Waals surface area (Å²) in [7, 11) is -3.34. The number of benzene rings is 2. The molecule has 0 amide bonds. The summed E-state index contributed by atoms with van der Waals surface area (Å²) in [5.74, 6) is 0. The van der Waals surface area contributed by atoms with Crippen LogP contribution in [-0.4, -0.2) is 66.7 Å². The third-order valence-electron chi connectivity index (χ3n) is 6.23. The molecule has 36 heavy (non-hydrogen) atoms. The standard InChI is InChI=1S/C22H22Br2F3IN4O3S/c23-5-6-31-20(13-24)36(35,19-12-16(32(33)34)11-17(21(19)31)22(25,26)27)30-9-7-29(8-10-30)14-15-3-1-2-4-18(15)28/h1-4,11-12H,5-10,13-14H2. The van der Waals surface area contributed by atoms with Crippen LogP contribution in [0.15, 0.2) is 41.3 Å². The first-order valence-corrected chi connectivity index (χ1v) is 15.8. The Morgan fingerprint density at radius 3 is 2.33 bits per heavy atom. The number of rotatable bonds is 7. The van der Waals surface area contributed by atoms with Crippen molar-refractivity contribution in [1.82, 2.24) is 9.21 Å². The molecule has 2 heterocycles. The van der Waals surface area contributed by atoms with Crippen LogP contribution in [0.2, 0.25) is 0 Å². The summed E-state index contributed by atoms with van der Waals surface area (Å²) in [4.78, 5) is 14.5. The van der Waals surface area contributed by atoms with Crippen molar-refractivity contribution in [3.8, 4) is 0 Å². The van der Waals surface area contributed by atoms with Gasteiger partial charge in [0, 0.05) is 60.3 Å². The monoisotopic (exact) mass is 764 g/mol. The highest BCUT2D eigenvalue weighted by Crippen LogP contribution is 2.47. The molecule has 196 valence electrons. The van der Waals surface area contributed by atoms with Gasteiger partial charge in [-0.25, -0.2) is 8.51 Å². The smallest absolute Gasteiger partial charge is 0.334 e. The molecule has 14 heteroatoms. The summed E-state index contributed by atoms with van der Waals surface area (Å²) >= 11 is 8.92. The molecule has 0 spiro atoms. The number of piperazine rings is 1. The van der Waals surface area contributed by atoms with Gasteiger partial charge in [-0.05, 0) is 34.2 Å². The van der Waals surface area contributed by atoms with Crippen molar-refractivity contribution in [1.29, 1.82) is 0 Å². The van der Waals surface area contributed by atoms with E-state index in [9.17, 15) is 27.5 Å².